The molecule has 0 spiro atoms. The normalized spacial score (nSPS) is 10.2. The van der Waals surface area contributed by atoms with Crippen LogP contribution >= 0.6 is 0 Å². The summed E-state index contributed by atoms with van der Waals surface area (Å²) >= 11 is 0. The lowest BCUT2D eigenvalue weighted by molar-refractivity contribution is 0.413. The average Bonchev–Trinajstić information content (AvgIpc) is 2.44. The van der Waals surface area contributed by atoms with Crippen molar-refractivity contribution in [1.82, 2.24) is 0 Å². The van der Waals surface area contributed by atoms with Gasteiger partial charge in [-0.25, -0.2) is 0 Å². The first-order chi connectivity index (χ1) is 11.1. The molecule has 0 aliphatic rings. The minimum Gasteiger partial charge on any atom is -0.507 e. The Balaban J connectivity index is 3.28. The molecule has 0 bridgehead atoms. The first-order valence-electron chi connectivity index (χ1n) is 8.31. The predicted molar refractivity (Wildman–Crippen MR) is 101 cm³/mol. The van der Waals surface area contributed by atoms with E-state index < -0.39 is 0 Å². The molecule has 0 atom stereocenters. The number of hydrogen-bond acceptors (Lipinski definition) is 3. The summed E-state index contributed by atoms with van der Waals surface area (Å²) < 4.78 is 0. The first kappa shape index (κ1) is 19.9. The number of rotatable bonds is 6. The summed E-state index contributed by atoms with van der Waals surface area (Å²) in [5, 5.41) is 30.9. The topological polar surface area (TPSA) is 60.7 Å². The highest BCUT2D eigenvalue weighted by atomic mass is 16.3. The van der Waals surface area contributed by atoms with Crippen LogP contribution in [0.3, 0.4) is 0 Å². The molecule has 132 valence electrons. The lowest BCUT2D eigenvalue weighted by Gasteiger charge is -2.15. The lowest BCUT2D eigenvalue weighted by atomic mass is 9.93. The summed E-state index contributed by atoms with van der Waals surface area (Å²) in [6.45, 7) is 12.1. The van der Waals surface area contributed by atoms with Crippen LogP contribution in [0, 0.1) is 0 Å². The Morgan fingerprint density at radius 1 is 0.833 bits per heavy atom. The molecule has 0 aliphatic carbocycles. The van der Waals surface area contributed by atoms with Crippen molar-refractivity contribution >= 4 is 0 Å². The molecule has 0 aliphatic heterocycles. The van der Waals surface area contributed by atoms with Crippen molar-refractivity contribution in [2.45, 2.75) is 60.8 Å². The van der Waals surface area contributed by atoms with Gasteiger partial charge in [0.1, 0.15) is 17.2 Å². The van der Waals surface area contributed by atoms with Crippen LogP contribution in [0.25, 0.3) is 0 Å². The number of phenolic OH excluding ortho intramolecular Hbond substituents is 3. The molecule has 0 aromatic heterocycles. The van der Waals surface area contributed by atoms with Gasteiger partial charge in [-0.15, -0.1) is 0 Å². The molecule has 24 heavy (non-hydrogen) atoms. The molecule has 0 unspecified atom stereocenters. The highest BCUT2D eigenvalue weighted by molar-refractivity contribution is 5.57. The summed E-state index contributed by atoms with van der Waals surface area (Å²) in [5.74, 6) is -0.155. The Labute approximate surface area is 145 Å². The van der Waals surface area contributed by atoms with Crippen molar-refractivity contribution in [3.8, 4) is 17.2 Å². The van der Waals surface area contributed by atoms with Crippen LogP contribution in [0.2, 0.25) is 0 Å². The summed E-state index contributed by atoms with van der Waals surface area (Å²) in [4.78, 5) is 0. The van der Waals surface area contributed by atoms with E-state index in [9.17, 15) is 15.3 Å². The van der Waals surface area contributed by atoms with Crippen LogP contribution < -0.4 is 0 Å². The van der Waals surface area contributed by atoms with Crippen LogP contribution in [0.15, 0.2) is 40.5 Å². The van der Waals surface area contributed by atoms with E-state index in [4.69, 9.17) is 0 Å². The van der Waals surface area contributed by atoms with E-state index in [1.807, 2.05) is 33.8 Å². The number of aromatic hydroxyl groups is 3. The second kappa shape index (κ2) is 8.62. The molecule has 3 N–H and O–H groups in total. The molecule has 1 aromatic rings. The van der Waals surface area contributed by atoms with Crippen LogP contribution in [0.1, 0.15) is 59.1 Å². The van der Waals surface area contributed by atoms with Gasteiger partial charge in [0.05, 0.1) is 0 Å². The standard InChI is InChI=1S/C21H30O3/c1-13(2)7-9-16(15(5)6)11-18-20(23)12-19(22)17(21(18)24)10-8-14(3)4/h7-8,12,22-24H,9-11H2,1-6H3. The van der Waals surface area contributed by atoms with Gasteiger partial charge in [0.15, 0.2) is 0 Å². The fraction of sp³-hybridized carbons (Fsp3) is 0.429. The van der Waals surface area contributed by atoms with Gasteiger partial charge in [-0.2, -0.15) is 0 Å². The average molecular weight is 330 g/mol. The molecule has 0 saturated heterocycles. The van der Waals surface area contributed by atoms with E-state index in [0.29, 0.717) is 24.0 Å². The third-order valence-corrected chi connectivity index (χ3v) is 4.03. The van der Waals surface area contributed by atoms with Gasteiger partial charge in [0, 0.05) is 23.6 Å². The minimum absolute atomic E-state index is 0.0130. The molecule has 0 fully saturated rings. The molecule has 0 amide bonds. The van der Waals surface area contributed by atoms with Crippen molar-refractivity contribution < 1.29 is 15.3 Å². The van der Waals surface area contributed by atoms with Crippen molar-refractivity contribution in [2.75, 3.05) is 0 Å². The predicted octanol–water partition coefficient (Wildman–Crippen LogP) is 5.55. The Kier molecular flexibility index (Phi) is 7.15. The van der Waals surface area contributed by atoms with E-state index >= 15 is 0 Å². The monoisotopic (exact) mass is 330 g/mol. The zero-order valence-corrected chi connectivity index (χ0v) is 15.7. The fourth-order valence-corrected chi connectivity index (χ4v) is 2.40. The smallest absolute Gasteiger partial charge is 0.129 e. The number of hydrogen-bond donors (Lipinski definition) is 3. The number of benzene rings is 1. The van der Waals surface area contributed by atoms with Crippen molar-refractivity contribution in [3.63, 3.8) is 0 Å². The van der Waals surface area contributed by atoms with Gasteiger partial charge >= 0.3 is 0 Å². The molecule has 0 saturated carbocycles. The zero-order valence-electron chi connectivity index (χ0n) is 15.7. The Morgan fingerprint density at radius 3 is 1.88 bits per heavy atom. The van der Waals surface area contributed by atoms with Gasteiger partial charge in [0.25, 0.3) is 0 Å². The molecule has 0 radical (unpaired) electrons. The van der Waals surface area contributed by atoms with Gasteiger partial charge in [0.2, 0.25) is 0 Å². The van der Waals surface area contributed by atoms with Crippen molar-refractivity contribution in [2.24, 2.45) is 0 Å². The number of allylic oxidation sites excluding steroid dienone is 6. The molecule has 3 heteroatoms. The Bertz CT molecular complexity index is 680. The van der Waals surface area contributed by atoms with Crippen molar-refractivity contribution in [3.05, 3.63) is 51.6 Å². The van der Waals surface area contributed by atoms with Gasteiger partial charge in [-0.1, -0.05) is 34.4 Å². The van der Waals surface area contributed by atoms with E-state index in [-0.39, 0.29) is 17.2 Å². The van der Waals surface area contributed by atoms with Crippen LogP contribution in [-0.4, -0.2) is 15.3 Å². The van der Waals surface area contributed by atoms with Gasteiger partial charge < -0.3 is 15.3 Å². The van der Waals surface area contributed by atoms with Crippen LogP contribution in [0.4, 0.5) is 0 Å². The molecular weight excluding hydrogens is 300 g/mol. The second-order valence-corrected chi connectivity index (χ2v) is 6.97. The third kappa shape index (κ3) is 5.48. The summed E-state index contributed by atoms with van der Waals surface area (Å²) in [5.41, 5.74) is 5.60. The molecule has 1 rings (SSSR count). The van der Waals surface area contributed by atoms with Crippen LogP contribution in [-0.2, 0) is 12.8 Å². The van der Waals surface area contributed by atoms with E-state index in [1.54, 1.807) is 0 Å². The van der Waals surface area contributed by atoms with Crippen LogP contribution in [0.5, 0.6) is 17.2 Å². The molecule has 0 heterocycles. The molecule has 3 nitrogen and oxygen atoms in total. The lowest BCUT2D eigenvalue weighted by Crippen LogP contribution is -1.97. The van der Waals surface area contributed by atoms with E-state index in [0.717, 1.165) is 17.6 Å². The summed E-state index contributed by atoms with van der Waals surface area (Å²) in [7, 11) is 0. The highest BCUT2D eigenvalue weighted by Crippen LogP contribution is 2.39. The maximum absolute atomic E-state index is 10.6. The van der Waals surface area contributed by atoms with E-state index in [2.05, 4.69) is 19.9 Å². The summed E-state index contributed by atoms with van der Waals surface area (Å²) in [6, 6.07) is 1.33. The molecular formula is C21H30O3. The quantitative estimate of drug-likeness (QED) is 0.599. The Morgan fingerprint density at radius 2 is 1.38 bits per heavy atom. The highest BCUT2D eigenvalue weighted by Gasteiger charge is 2.18. The summed E-state index contributed by atoms with van der Waals surface area (Å²) in [6.07, 6.45) is 5.77. The zero-order chi connectivity index (χ0) is 18.4. The SMILES string of the molecule is CC(C)=CCC(Cc1c(O)cc(O)c(CC=C(C)C)c1O)=C(C)C. The maximum Gasteiger partial charge on any atom is 0.129 e. The Hall–Kier alpha value is -2.16. The van der Waals surface area contributed by atoms with Crippen molar-refractivity contribution in [1.29, 1.82) is 0 Å². The number of phenols is 3. The first-order valence-corrected chi connectivity index (χ1v) is 8.31. The maximum atomic E-state index is 10.6. The fourth-order valence-electron chi connectivity index (χ4n) is 2.40. The van der Waals surface area contributed by atoms with E-state index in [1.165, 1.54) is 17.2 Å². The largest absolute Gasteiger partial charge is 0.507 e. The minimum atomic E-state index is -0.0747. The van der Waals surface area contributed by atoms with Gasteiger partial charge in [-0.05, 0) is 54.4 Å². The van der Waals surface area contributed by atoms with Gasteiger partial charge in [-0.3, -0.25) is 0 Å². The third-order valence-electron chi connectivity index (χ3n) is 4.03. The molecule has 1 aromatic carbocycles. The second-order valence-electron chi connectivity index (χ2n) is 6.97.